The molecular formula is C16H13BrN2O. The van der Waals surface area contributed by atoms with E-state index in [0.717, 1.165) is 20.9 Å². The molecule has 1 heterocycles. The minimum atomic E-state index is 0.467. The number of hydrogen-bond acceptors (Lipinski definition) is 3. The van der Waals surface area contributed by atoms with Crippen LogP contribution in [0.15, 0.2) is 59.2 Å². The van der Waals surface area contributed by atoms with E-state index in [0.29, 0.717) is 18.0 Å². The van der Waals surface area contributed by atoms with E-state index >= 15 is 0 Å². The van der Waals surface area contributed by atoms with Gasteiger partial charge in [0.1, 0.15) is 12.4 Å². The van der Waals surface area contributed by atoms with Crippen LogP contribution in [-0.4, -0.2) is 4.98 Å². The Morgan fingerprint density at radius 3 is 2.80 bits per heavy atom. The number of benzene rings is 2. The number of anilines is 1. The minimum Gasteiger partial charge on any atom is -0.487 e. The second-order valence-electron chi connectivity index (χ2n) is 4.46. The summed E-state index contributed by atoms with van der Waals surface area (Å²) < 4.78 is 6.75. The maximum absolute atomic E-state index is 5.93. The lowest BCUT2D eigenvalue weighted by atomic mass is 10.1. The van der Waals surface area contributed by atoms with Crippen molar-refractivity contribution in [1.82, 2.24) is 4.98 Å². The number of aromatic nitrogens is 1. The van der Waals surface area contributed by atoms with Gasteiger partial charge < -0.3 is 10.5 Å². The van der Waals surface area contributed by atoms with Gasteiger partial charge in [-0.2, -0.15) is 0 Å². The number of fused-ring (bicyclic) bond motifs is 1. The number of nitrogens with zero attached hydrogens (tertiary/aromatic N) is 1. The number of rotatable bonds is 3. The van der Waals surface area contributed by atoms with E-state index in [9.17, 15) is 0 Å². The molecule has 0 atom stereocenters. The van der Waals surface area contributed by atoms with Crippen molar-refractivity contribution in [2.75, 3.05) is 5.73 Å². The van der Waals surface area contributed by atoms with Crippen LogP contribution in [0.2, 0.25) is 0 Å². The molecule has 3 nitrogen and oxygen atoms in total. The van der Waals surface area contributed by atoms with Crippen LogP contribution in [0.5, 0.6) is 5.75 Å². The summed E-state index contributed by atoms with van der Waals surface area (Å²) in [6, 6.07) is 15.6. The number of nitrogen functional groups attached to an aromatic ring is 1. The summed E-state index contributed by atoms with van der Waals surface area (Å²) in [5.74, 6) is 0.689. The van der Waals surface area contributed by atoms with Gasteiger partial charge in [0, 0.05) is 21.6 Å². The Bertz CT molecular complexity index is 753. The highest BCUT2D eigenvalue weighted by Crippen LogP contribution is 2.26. The predicted molar refractivity (Wildman–Crippen MR) is 84.6 cm³/mol. The van der Waals surface area contributed by atoms with Crippen LogP contribution >= 0.6 is 15.9 Å². The fourth-order valence-electron chi connectivity index (χ4n) is 2.09. The smallest absolute Gasteiger partial charge is 0.142 e. The summed E-state index contributed by atoms with van der Waals surface area (Å²) in [4.78, 5) is 4.34. The first-order valence-corrected chi connectivity index (χ1v) is 7.04. The highest BCUT2D eigenvalue weighted by Gasteiger charge is 2.05. The zero-order valence-electron chi connectivity index (χ0n) is 10.7. The Hall–Kier alpha value is -2.07. The van der Waals surface area contributed by atoms with Gasteiger partial charge in [-0.05, 0) is 30.3 Å². The third-order valence-electron chi connectivity index (χ3n) is 3.09. The Labute approximate surface area is 125 Å². The Morgan fingerprint density at radius 1 is 1.10 bits per heavy atom. The predicted octanol–water partition coefficient (Wildman–Crippen LogP) is 4.16. The van der Waals surface area contributed by atoms with Gasteiger partial charge in [-0.25, -0.2) is 0 Å². The standard InChI is InChI=1S/C16H13BrN2O/c17-12-5-6-16(14(18)9-12)20-10-11-7-8-19-15-4-2-1-3-13(11)15/h1-9H,10,18H2. The molecule has 3 aromatic rings. The summed E-state index contributed by atoms with van der Waals surface area (Å²) in [5, 5.41) is 1.10. The fraction of sp³-hybridized carbons (Fsp3) is 0.0625. The van der Waals surface area contributed by atoms with Gasteiger partial charge in [-0.1, -0.05) is 34.1 Å². The third-order valence-corrected chi connectivity index (χ3v) is 3.59. The first-order chi connectivity index (χ1) is 9.74. The molecule has 0 saturated carbocycles. The molecule has 3 rings (SSSR count). The highest BCUT2D eigenvalue weighted by atomic mass is 79.9. The van der Waals surface area contributed by atoms with E-state index < -0.39 is 0 Å². The lowest BCUT2D eigenvalue weighted by Gasteiger charge is -2.10. The van der Waals surface area contributed by atoms with E-state index in [2.05, 4.69) is 20.9 Å². The van der Waals surface area contributed by atoms with Gasteiger partial charge in [-0.3, -0.25) is 4.98 Å². The van der Waals surface area contributed by atoms with Crippen molar-refractivity contribution in [3.8, 4) is 5.75 Å². The van der Waals surface area contributed by atoms with Gasteiger partial charge in [0.2, 0.25) is 0 Å². The molecule has 0 saturated heterocycles. The molecule has 2 N–H and O–H groups in total. The summed E-state index contributed by atoms with van der Waals surface area (Å²) in [7, 11) is 0. The van der Waals surface area contributed by atoms with E-state index in [4.69, 9.17) is 10.5 Å². The van der Waals surface area contributed by atoms with Crippen LogP contribution in [0, 0.1) is 0 Å². The largest absolute Gasteiger partial charge is 0.487 e. The van der Waals surface area contributed by atoms with Crippen molar-refractivity contribution in [2.45, 2.75) is 6.61 Å². The molecule has 4 heteroatoms. The zero-order chi connectivity index (χ0) is 13.9. The normalized spacial score (nSPS) is 10.7. The third kappa shape index (κ3) is 2.60. The molecule has 0 aliphatic carbocycles. The monoisotopic (exact) mass is 328 g/mol. The topological polar surface area (TPSA) is 48.1 Å². The van der Waals surface area contributed by atoms with Gasteiger partial charge in [0.05, 0.1) is 11.2 Å². The first-order valence-electron chi connectivity index (χ1n) is 6.24. The van der Waals surface area contributed by atoms with E-state index in [1.165, 1.54) is 0 Å². The molecule has 0 spiro atoms. The number of hydrogen-bond donors (Lipinski definition) is 1. The highest BCUT2D eigenvalue weighted by molar-refractivity contribution is 9.10. The number of halogens is 1. The Morgan fingerprint density at radius 2 is 1.95 bits per heavy atom. The molecule has 0 aliphatic rings. The van der Waals surface area contributed by atoms with Gasteiger partial charge in [0.15, 0.2) is 0 Å². The summed E-state index contributed by atoms with van der Waals surface area (Å²) >= 11 is 3.38. The van der Waals surface area contributed by atoms with Crippen LogP contribution in [0.4, 0.5) is 5.69 Å². The van der Waals surface area contributed by atoms with Crippen molar-refractivity contribution in [3.05, 3.63) is 64.8 Å². The molecule has 0 amide bonds. The van der Waals surface area contributed by atoms with Gasteiger partial charge in [0.25, 0.3) is 0 Å². The molecule has 2 aromatic carbocycles. The second-order valence-corrected chi connectivity index (χ2v) is 5.37. The van der Waals surface area contributed by atoms with Crippen LogP contribution in [0.25, 0.3) is 10.9 Å². The summed E-state index contributed by atoms with van der Waals surface area (Å²) in [6.07, 6.45) is 1.80. The molecule has 0 fully saturated rings. The minimum absolute atomic E-state index is 0.467. The molecule has 0 unspecified atom stereocenters. The maximum Gasteiger partial charge on any atom is 0.142 e. The molecule has 100 valence electrons. The van der Waals surface area contributed by atoms with Crippen molar-refractivity contribution < 1.29 is 4.74 Å². The maximum atomic E-state index is 5.93. The lowest BCUT2D eigenvalue weighted by molar-refractivity contribution is 0.309. The number of para-hydroxylation sites is 1. The number of pyridine rings is 1. The fourth-order valence-corrected chi connectivity index (χ4v) is 2.47. The van der Waals surface area contributed by atoms with Crippen molar-refractivity contribution in [2.24, 2.45) is 0 Å². The van der Waals surface area contributed by atoms with Gasteiger partial charge >= 0.3 is 0 Å². The van der Waals surface area contributed by atoms with Crippen molar-refractivity contribution >= 4 is 32.5 Å². The van der Waals surface area contributed by atoms with Gasteiger partial charge in [-0.15, -0.1) is 0 Å². The molecular weight excluding hydrogens is 316 g/mol. The number of nitrogens with two attached hydrogens (primary N) is 1. The first kappa shape index (κ1) is 12.9. The molecule has 0 radical (unpaired) electrons. The van der Waals surface area contributed by atoms with E-state index in [1.807, 2.05) is 48.5 Å². The molecule has 0 bridgehead atoms. The summed E-state index contributed by atoms with van der Waals surface area (Å²) in [5.41, 5.74) is 8.62. The van der Waals surface area contributed by atoms with Crippen LogP contribution < -0.4 is 10.5 Å². The van der Waals surface area contributed by atoms with Crippen LogP contribution in [0.1, 0.15) is 5.56 Å². The average molecular weight is 329 g/mol. The number of ether oxygens (including phenoxy) is 1. The van der Waals surface area contributed by atoms with Crippen molar-refractivity contribution in [3.63, 3.8) is 0 Å². The average Bonchev–Trinajstić information content (AvgIpc) is 2.46. The molecule has 20 heavy (non-hydrogen) atoms. The van der Waals surface area contributed by atoms with Crippen LogP contribution in [-0.2, 0) is 6.61 Å². The summed E-state index contributed by atoms with van der Waals surface area (Å²) in [6.45, 7) is 0.467. The second kappa shape index (κ2) is 5.51. The van der Waals surface area contributed by atoms with Crippen molar-refractivity contribution in [1.29, 1.82) is 0 Å². The SMILES string of the molecule is Nc1cc(Br)ccc1OCc1ccnc2ccccc12. The lowest BCUT2D eigenvalue weighted by Crippen LogP contribution is -1.99. The zero-order valence-corrected chi connectivity index (χ0v) is 12.3. The van der Waals surface area contributed by atoms with Crippen LogP contribution in [0.3, 0.4) is 0 Å². The Kier molecular flexibility index (Phi) is 3.56. The Balaban J connectivity index is 1.87. The molecule has 1 aromatic heterocycles. The van der Waals surface area contributed by atoms with E-state index in [1.54, 1.807) is 6.20 Å². The quantitative estimate of drug-likeness (QED) is 0.734. The van der Waals surface area contributed by atoms with E-state index in [-0.39, 0.29) is 0 Å². The molecule has 0 aliphatic heterocycles.